The molecule has 1 amide bonds. The van der Waals surface area contributed by atoms with Gasteiger partial charge >= 0.3 is 0 Å². The van der Waals surface area contributed by atoms with Gasteiger partial charge in [0, 0.05) is 19.1 Å². The molecule has 1 unspecified atom stereocenters. The van der Waals surface area contributed by atoms with Gasteiger partial charge in [-0.3, -0.25) is 4.79 Å². The quantitative estimate of drug-likeness (QED) is 0.769. The first-order chi connectivity index (χ1) is 9.97. The third kappa shape index (κ3) is 4.31. The van der Waals surface area contributed by atoms with E-state index in [9.17, 15) is 4.79 Å². The normalized spacial score (nSPS) is 19.7. The van der Waals surface area contributed by atoms with Gasteiger partial charge in [-0.15, -0.1) is 0 Å². The fourth-order valence-corrected chi connectivity index (χ4v) is 3.37. The highest BCUT2D eigenvalue weighted by atomic mass is 32.1. The zero-order valence-electron chi connectivity index (χ0n) is 13.0. The molecule has 1 aromatic heterocycles. The number of carbonyl (C=O) groups is 1. The summed E-state index contributed by atoms with van der Waals surface area (Å²) in [6.07, 6.45) is 2.45. The molecule has 4 N–H and O–H groups in total. The lowest BCUT2D eigenvalue weighted by Crippen LogP contribution is -2.35. The van der Waals surface area contributed by atoms with Gasteiger partial charge in [-0.05, 0) is 57.7 Å². The molecule has 0 spiro atoms. The molecule has 0 radical (unpaired) electrons. The van der Waals surface area contributed by atoms with Crippen LogP contribution in [0, 0.1) is 5.92 Å². The van der Waals surface area contributed by atoms with Crippen LogP contribution in [0.3, 0.4) is 0 Å². The van der Waals surface area contributed by atoms with Crippen molar-refractivity contribution in [1.82, 2.24) is 14.6 Å². The molecule has 2 heterocycles. The average Bonchev–Trinajstić information content (AvgIpc) is 2.77. The molecule has 6 nitrogen and oxygen atoms in total. The molecule has 1 aromatic rings. The highest BCUT2D eigenvalue weighted by Gasteiger charge is 2.22. The van der Waals surface area contributed by atoms with Gasteiger partial charge < -0.3 is 21.3 Å². The van der Waals surface area contributed by atoms with Gasteiger partial charge in [-0.2, -0.15) is 4.37 Å². The maximum atomic E-state index is 12.2. The van der Waals surface area contributed by atoms with Crippen molar-refractivity contribution in [1.29, 1.82) is 0 Å². The third-order valence-electron chi connectivity index (χ3n) is 3.64. The number of nitrogens with zero attached hydrogens (tertiary/aromatic N) is 2. The number of hydrogen-bond acceptors (Lipinski definition) is 6. The van der Waals surface area contributed by atoms with E-state index in [0.29, 0.717) is 17.3 Å². The number of aromatic nitrogens is 1. The fraction of sp³-hybridized carbons (Fsp3) is 0.714. The van der Waals surface area contributed by atoms with E-state index in [1.54, 1.807) is 0 Å². The number of nitrogens with one attached hydrogen (secondary N) is 2. The van der Waals surface area contributed by atoms with Gasteiger partial charge in [-0.1, -0.05) is 0 Å². The summed E-state index contributed by atoms with van der Waals surface area (Å²) in [5, 5.41) is 7.01. The number of anilines is 2. The van der Waals surface area contributed by atoms with E-state index in [4.69, 9.17) is 5.73 Å². The van der Waals surface area contributed by atoms with Crippen molar-refractivity contribution in [2.45, 2.75) is 32.7 Å². The summed E-state index contributed by atoms with van der Waals surface area (Å²) in [5.41, 5.74) is 6.32. The summed E-state index contributed by atoms with van der Waals surface area (Å²) in [7, 11) is 2.15. The minimum atomic E-state index is -0.153. The van der Waals surface area contributed by atoms with E-state index < -0.39 is 0 Å². The highest BCUT2D eigenvalue weighted by Crippen LogP contribution is 2.27. The van der Waals surface area contributed by atoms with Crippen molar-refractivity contribution < 1.29 is 4.79 Å². The van der Waals surface area contributed by atoms with Crippen LogP contribution in [-0.2, 0) is 0 Å². The molecule has 21 heavy (non-hydrogen) atoms. The van der Waals surface area contributed by atoms with Crippen molar-refractivity contribution in [2.24, 2.45) is 5.92 Å². The molecule has 1 aliphatic rings. The molecule has 118 valence electrons. The second-order valence-corrected chi connectivity index (χ2v) is 6.82. The molecule has 1 saturated heterocycles. The summed E-state index contributed by atoms with van der Waals surface area (Å²) in [5.74, 6) is 0.758. The molecule has 2 rings (SSSR count). The average molecular weight is 311 g/mol. The number of rotatable bonds is 5. The minimum absolute atomic E-state index is 0.0802. The number of amides is 1. The first-order valence-corrected chi connectivity index (χ1v) is 8.23. The molecular weight excluding hydrogens is 286 g/mol. The molecular formula is C14H25N5OS. The SMILES string of the molecule is CC(C)NC(=O)c1c(N)nsc1NCC1CCCN(C)C1. The molecule has 0 aliphatic carbocycles. The lowest BCUT2D eigenvalue weighted by atomic mass is 9.98. The van der Waals surface area contributed by atoms with Crippen LogP contribution in [0.25, 0.3) is 0 Å². The Morgan fingerprint density at radius 1 is 1.57 bits per heavy atom. The number of nitrogen functional groups attached to an aromatic ring is 1. The van der Waals surface area contributed by atoms with E-state index in [-0.39, 0.29) is 11.9 Å². The monoisotopic (exact) mass is 311 g/mol. The lowest BCUT2D eigenvalue weighted by molar-refractivity contribution is 0.0945. The van der Waals surface area contributed by atoms with Crippen LogP contribution in [0.5, 0.6) is 0 Å². The van der Waals surface area contributed by atoms with Crippen molar-refractivity contribution in [3.05, 3.63) is 5.56 Å². The Kier molecular flexibility index (Phi) is 5.41. The van der Waals surface area contributed by atoms with Crippen molar-refractivity contribution in [3.8, 4) is 0 Å². The Morgan fingerprint density at radius 2 is 2.33 bits per heavy atom. The summed E-state index contributed by atoms with van der Waals surface area (Å²) in [4.78, 5) is 14.5. The Bertz CT molecular complexity index is 488. The molecule has 0 saturated carbocycles. The van der Waals surface area contributed by atoms with Crippen molar-refractivity contribution >= 4 is 28.3 Å². The molecule has 1 atom stereocenters. The molecule has 0 aromatic carbocycles. The Morgan fingerprint density at radius 3 is 3.00 bits per heavy atom. The van der Waals surface area contributed by atoms with Crippen LogP contribution < -0.4 is 16.4 Å². The standard InChI is InChI=1S/C14H25N5OS/c1-9(2)17-13(20)11-12(15)18-21-14(11)16-7-10-5-4-6-19(3)8-10/h9-10,16H,4-8H2,1-3H3,(H2,15,18)(H,17,20). The second kappa shape index (κ2) is 7.09. The molecule has 7 heteroatoms. The van der Waals surface area contributed by atoms with Crippen LogP contribution in [0.1, 0.15) is 37.0 Å². The van der Waals surface area contributed by atoms with Crippen LogP contribution >= 0.6 is 11.5 Å². The van der Waals surface area contributed by atoms with Gasteiger partial charge in [0.25, 0.3) is 5.91 Å². The summed E-state index contributed by atoms with van der Waals surface area (Å²) in [6.45, 7) is 6.98. The summed E-state index contributed by atoms with van der Waals surface area (Å²) >= 11 is 1.26. The van der Waals surface area contributed by atoms with E-state index >= 15 is 0 Å². The summed E-state index contributed by atoms with van der Waals surface area (Å²) < 4.78 is 4.11. The zero-order valence-corrected chi connectivity index (χ0v) is 13.8. The number of likely N-dealkylation sites (tertiary alicyclic amines) is 1. The van der Waals surface area contributed by atoms with Crippen LogP contribution in [0.4, 0.5) is 10.8 Å². The Balaban J connectivity index is 1.98. The molecule has 1 aliphatic heterocycles. The van der Waals surface area contributed by atoms with Crippen LogP contribution in [-0.4, -0.2) is 47.9 Å². The smallest absolute Gasteiger partial charge is 0.258 e. The maximum absolute atomic E-state index is 12.2. The van der Waals surface area contributed by atoms with E-state index in [1.165, 1.54) is 30.9 Å². The van der Waals surface area contributed by atoms with E-state index in [2.05, 4.69) is 27.0 Å². The van der Waals surface area contributed by atoms with Crippen LogP contribution in [0.15, 0.2) is 0 Å². The number of hydrogen-bond donors (Lipinski definition) is 3. The zero-order chi connectivity index (χ0) is 15.4. The van der Waals surface area contributed by atoms with E-state index in [1.807, 2.05) is 13.8 Å². The van der Waals surface area contributed by atoms with Gasteiger partial charge in [0.15, 0.2) is 5.82 Å². The number of piperidine rings is 1. The van der Waals surface area contributed by atoms with Gasteiger partial charge in [-0.25, -0.2) is 0 Å². The van der Waals surface area contributed by atoms with Gasteiger partial charge in [0.05, 0.1) is 0 Å². The van der Waals surface area contributed by atoms with Crippen molar-refractivity contribution in [3.63, 3.8) is 0 Å². The van der Waals surface area contributed by atoms with Gasteiger partial charge in [0.1, 0.15) is 10.6 Å². The minimum Gasteiger partial charge on any atom is -0.382 e. The van der Waals surface area contributed by atoms with Gasteiger partial charge in [0.2, 0.25) is 0 Å². The van der Waals surface area contributed by atoms with E-state index in [0.717, 1.165) is 18.1 Å². The van der Waals surface area contributed by atoms with Crippen LogP contribution in [0.2, 0.25) is 0 Å². The first-order valence-electron chi connectivity index (χ1n) is 7.45. The molecule has 0 bridgehead atoms. The summed E-state index contributed by atoms with van der Waals surface area (Å²) in [6, 6.07) is 0.0802. The predicted octanol–water partition coefficient (Wildman–Crippen LogP) is 1.62. The largest absolute Gasteiger partial charge is 0.382 e. The number of carbonyl (C=O) groups excluding carboxylic acids is 1. The first kappa shape index (κ1) is 16.0. The number of nitrogens with two attached hydrogens (primary N) is 1. The highest BCUT2D eigenvalue weighted by molar-refractivity contribution is 7.11. The maximum Gasteiger partial charge on any atom is 0.258 e. The Labute approximate surface area is 130 Å². The third-order valence-corrected chi connectivity index (χ3v) is 4.46. The lowest BCUT2D eigenvalue weighted by Gasteiger charge is -2.29. The predicted molar refractivity (Wildman–Crippen MR) is 87.8 cm³/mol. The molecule has 1 fully saturated rings. The Hall–Kier alpha value is -1.34. The topological polar surface area (TPSA) is 83.3 Å². The fourth-order valence-electron chi connectivity index (χ4n) is 2.65. The second-order valence-electron chi connectivity index (χ2n) is 6.05. The van der Waals surface area contributed by atoms with Crippen molar-refractivity contribution in [2.75, 3.05) is 37.7 Å².